The second-order valence-electron chi connectivity index (χ2n) is 5.81. The molecule has 1 atom stereocenters. The summed E-state index contributed by atoms with van der Waals surface area (Å²) in [6, 6.07) is 9.74. The van der Waals surface area contributed by atoms with Crippen LogP contribution in [0, 0.1) is 0 Å². The van der Waals surface area contributed by atoms with Crippen LogP contribution in [0.3, 0.4) is 0 Å². The van der Waals surface area contributed by atoms with E-state index >= 15 is 0 Å². The molecule has 0 saturated carbocycles. The topological polar surface area (TPSA) is 67.4 Å². The summed E-state index contributed by atoms with van der Waals surface area (Å²) >= 11 is 1.58. The van der Waals surface area contributed by atoms with Crippen molar-refractivity contribution in [2.45, 2.75) is 19.4 Å². The molecule has 6 nitrogen and oxygen atoms in total. The average Bonchev–Trinajstić information content (AvgIpc) is 3.14. The number of para-hydroxylation sites is 2. The van der Waals surface area contributed by atoms with Crippen molar-refractivity contribution in [1.82, 2.24) is 15.3 Å². The van der Waals surface area contributed by atoms with E-state index in [1.165, 1.54) is 0 Å². The zero-order valence-corrected chi connectivity index (χ0v) is 14.6. The number of fused-ring (bicyclic) bond motifs is 2. The summed E-state index contributed by atoms with van der Waals surface area (Å²) in [4.78, 5) is 24.3. The van der Waals surface area contributed by atoms with Gasteiger partial charge in [0.25, 0.3) is 5.91 Å². The Morgan fingerprint density at radius 3 is 3.12 bits per heavy atom. The number of carbonyl (C=O) groups is 1. The van der Waals surface area contributed by atoms with Gasteiger partial charge in [0, 0.05) is 6.54 Å². The Balaban J connectivity index is 1.75. The number of thiophene rings is 1. The number of anilines is 2. The predicted molar refractivity (Wildman–Crippen MR) is 98.6 cm³/mol. The molecule has 0 saturated heterocycles. The lowest BCUT2D eigenvalue weighted by Crippen LogP contribution is -2.48. The molecule has 4 rings (SSSR count). The maximum absolute atomic E-state index is 12.5. The highest BCUT2D eigenvalue weighted by molar-refractivity contribution is 7.16. The molecule has 1 aliphatic rings. The van der Waals surface area contributed by atoms with Crippen LogP contribution in [0.1, 0.15) is 13.3 Å². The molecule has 7 heteroatoms. The van der Waals surface area contributed by atoms with E-state index in [0.29, 0.717) is 18.8 Å². The molecular weight excluding hydrogens is 336 g/mol. The zero-order chi connectivity index (χ0) is 17.2. The fraction of sp³-hybridized carbons (Fsp3) is 0.278. The molecule has 3 aromatic rings. The molecule has 1 amide bonds. The standard InChI is InChI=1S/C18H18N4O2S/c1-2-8-19-17(23)15-10-22(13-5-3-4-6-14(13)24-15)16-12-7-9-25-18(12)21-11-20-16/h3-7,9,11,15H,2,8,10H2,1H3,(H,19,23)/t15-/m0/s1. The first-order valence-corrected chi connectivity index (χ1v) is 9.15. The van der Waals surface area contributed by atoms with Gasteiger partial charge in [-0.1, -0.05) is 19.1 Å². The molecule has 2 aromatic heterocycles. The quantitative estimate of drug-likeness (QED) is 0.780. The minimum atomic E-state index is -0.579. The van der Waals surface area contributed by atoms with E-state index in [1.54, 1.807) is 17.7 Å². The van der Waals surface area contributed by atoms with E-state index in [0.717, 1.165) is 28.1 Å². The Bertz CT molecular complexity index is 911. The number of nitrogens with zero attached hydrogens (tertiary/aromatic N) is 3. The number of benzene rings is 1. The Labute approximate surface area is 149 Å². The summed E-state index contributed by atoms with van der Waals surface area (Å²) in [5.74, 6) is 1.39. The van der Waals surface area contributed by atoms with E-state index in [-0.39, 0.29) is 5.91 Å². The van der Waals surface area contributed by atoms with Crippen LogP contribution in [0.25, 0.3) is 10.2 Å². The molecule has 0 spiro atoms. The van der Waals surface area contributed by atoms with Gasteiger partial charge >= 0.3 is 0 Å². The number of hydrogen-bond donors (Lipinski definition) is 1. The second kappa shape index (κ2) is 6.68. The lowest BCUT2D eigenvalue weighted by molar-refractivity contribution is -0.127. The van der Waals surface area contributed by atoms with Gasteiger partial charge in [0.15, 0.2) is 6.10 Å². The number of aromatic nitrogens is 2. The van der Waals surface area contributed by atoms with Crippen molar-refractivity contribution in [2.24, 2.45) is 0 Å². The predicted octanol–water partition coefficient (Wildman–Crippen LogP) is 3.12. The maximum Gasteiger partial charge on any atom is 0.262 e. The van der Waals surface area contributed by atoms with Gasteiger partial charge in [-0.15, -0.1) is 11.3 Å². The third-order valence-electron chi connectivity index (χ3n) is 4.11. The van der Waals surface area contributed by atoms with E-state index in [4.69, 9.17) is 4.74 Å². The number of rotatable bonds is 4. The van der Waals surface area contributed by atoms with E-state index < -0.39 is 6.10 Å². The smallest absolute Gasteiger partial charge is 0.262 e. The largest absolute Gasteiger partial charge is 0.477 e. The number of hydrogen-bond acceptors (Lipinski definition) is 6. The Hall–Kier alpha value is -2.67. The van der Waals surface area contributed by atoms with Crippen molar-refractivity contribution in [1.29, 1.82) is 0 Å². The van der Waals surface area contributed by atoms with Gasteiger partial charge in [0.1, 0.15) is 22.7 Å². The van der Waals surface area contributed by atoms with Crippen molar-refractivity contribution in [2.75, 3.05) is 18.0 Å². The first kappa shape index (κ1) is 15.8. The lowest BCUT2D eigenvalue weighted by atomic mass is 10.1. The molecule has 0 radical (unpaired) electrons. The SMILES string of the molecule is CCCNC(=O)[C@@H]1CN(c2ncnc3sccc23)c2ccccc2O1. The first-order chi connectivity index (χ1) is 12.3. The van der Waals surface area contributed by atoms with Crippen LogP contribution < -0.4 is 15.0 Å². The van der Waals surface area contributed by atoms with Crippen molar-refractivity contribution in [3.63, 3.8) is 0 Å². The van der Waals surface area contributed by atoms with Gasteiger partial charge in [0.05, 0.1) is 17.6 Å². The summed E-state index contributed by atoms with van der Waals surface area (Å²) in [6.45, 7) is 3.08. The van der Waals surface area contributed by atoms with Crippen molar-refractivity contribution in [3.05, 3.63) is 42.0 Å². The van der Waals surface area contributed by atoms with E-state index in [9.17, 15) is 4.79 Å². The summed E-state index contributed by atoms with van der Waals surface area (Å²) < 4.78 is 5.94. The maximum atomic E-state index is 12.5. The van der Waals surface area contributed by atoms with Crippen LogP contribution in [0.15, 0.2) is 42.0 Å². The number of carbonyl (C=O) groups excluding carboxylic acids is 1. The summed E-state index contributed by atoms with van der Waals surface area (Å²) in [6.07, 6.45) is 1.88. The minimum Gasteiger partial charge on any atom is -0.477 e. The van der Waals surface area contributed by atoms with Crippen molar-refractivity contribution in [3.8, 4) is 5.75 Å². The zero-order valence-electron chi connectivity index (χ0n) is 13.8. The van der Waals surface area contributed by atoms with Crippen LogP contribution in [0.2, 0.25) is 0 Å². The van der Waals surface area contributed by atoms with Gasteiger partial charge < -0.3 is 15.0 Å². The van der Waals surface area contributed by atoms with Gasteiger partial charge in [-0.25, -0.2) is 9.97 Å². The highest BCUT2D eigenvalue weighted by Gasteiger charge is 2.32. The van der Waals surface area contributed by atoms with Crippen LogP contribution in [0.5, 0.6) is 5.75 Å². The first-order valence-electron chi connectivity index (χ1n) is 8.27. The van der Waals surface area contributed by atoms with Crippen molar-refractivity contribution < 1.29 is 9.53 Å². The Morgan fingerprint density at radius 2 is 2.24 bits per heavy atom. The molecule has 1 aromatic carbocycles. The summed E-state index contributed by atoms with van der Waals surface area (Å²) in [7, 11) is 0. The molecule has 3 heterocycles. The van der Waals surface area contributed by atoms with Gasteiger partial charge in [-0.05, 0) is 30.0 Å². The van der Waals surface area contributed by atoms with Crippen LogP contribution >= 0.6 is 11.3 Å². The number of nitrogens with one attached hydrogen (secondary N) is 1. The van der Waals surface area contributed by atoms with Gasteiger partial charge in [0.2, 0.25) is 0 Å². The fourth-order valence-corrected chi connectivity index (χ4v) is 3.65. The molecule has 1 N–H and O–H groups in total. The van der Waals surface area contributed by atoms with E-state index in [1.807, 2.05) is 47.5 Å². The van der Waals surface area contributed by atoms with Crippen LogP contribution in [0.4, 0.5) is 11.5 Å². The number of ether oxygens (including phenoxy) is 1. The normalized spacial score (nSPS) is 16.4. The average molecular weight is 354 g/mol. The number of amides is 1. The van der Waals surface area contributed by atoms with Gasteiger partial charge in [-0.2, -0.15) is 0 Å². The molecule has 128 valence electrons. The van der Waals surface area contributed by atoms with Gasteiger partial charge in [-0.3, -0.25) is 4.79 Å². The van der Waals surface area contributed by atoms with Crippen LogP contribution in [-0.2, 0) is 4.79 Å². The highest BCUT2D eigenvalue weighted by Crippen LogP contribution is 2.39. The Kier molecular flexibility index (Phi) is 4.23. The fourth-order valence-electron chi connectivity index (χ4n) is 2.93. The van der Waals surface area contributed by atoms with E-state index in [2.05, 4.69) is 15.3 Å². The minimum absolute atomic E-state index is 0.100. The molecule has 0 unspecified atom stereocenters. The van der Waals surface area contributed by atoms with Crippen LogP contribution in [-0.4, -0.2) is 35.1 Å². The highest BCUT2D eigenvalue weighted by atomic mass is 32.1. The molecule has 25 heavy (non-hydrogen) atoms. The second-order valence-corrected chi connectivity index (χ2v) is 6.71. The third kappa shape index (κ3) is 2.91. The summed E-state index contributed by atoms with van der Waals surface area (Å²) in [5.41, 5.74) is 0.910. The molecule has 0 fully saturated rings. The summed E-state index contributed by atoms with van der Waals surface area (Å²) in [5, 5.41) is 5.90. The third-order valence-corrected chi connectivity index (χ3v) is 4.93. The molecular formula is C18H18N4O2S. The monoisotopic (exact) mass is 354 g/mol. The molecule has 0 bridgehead atoms. The van der Waals surface area contributed by atoms with Crippen molar-refractivity contribution >= 4 is 39.0 Å². The Morgan fingerprint density at radius 1 is 1.36 bits per heavy atom. The molecule has 0 aliphatic carbocycles. The lowest BCUT2D eigenvalue weighted by Gasteiger charge is -2.35. The molecule has 1 aliphatic heterocycles.